The molecule has 0 amide bonds. The maximum atomic E-state index is 12.8. The molecule has 66 valence electrons. The summed E-state index contributed by atoms with van der Waals surface area (Å²) in [5, 5.41) is 0. The molecule has 0 heterocycles. The van der Waals surface area contributed by atoms with Crippen LogP contribution in [0, 0.1) is 12.7 Å². The summed E-state index contributed by atoms with van der Waals surface area (Å²) in [6.45, 7) is 1.58. The molecule has 2 nitrogen and oxygen atoms in total. The van der Waals surface area contributed by atoms with Crippen LogP contribution in [0.15, 0.2) is 21.5 Å². The first kappa shape index (κ1) is 9.83. The summed E-state index contributed by atoms with van der Waals surface area (Å²) in [7, 11) is 0. The van der Waals surface area contributed by atoms with Crippen LogP contribution in [-0.2, 0) is 11.1 Å². The first-order valence-corrected chi connectivity index (χ1v) is 4.99. The van der Waals surface area contributed by atoms with Gasteiger partial charge in [-0.2, -0.15) is 0 Å². The van der Waals surface area contributed by atoms with Crippen molar-refractivity contribution in [1.29, 1.82) is 0 Å². The van der Waals surface area contributed by atoms with Gasteiger partial charge < -0.3 is 4.55 Å². The van der Waals surface area contributed by atoms with E-state index in [1.165, 1.54) is 12.1 Å². The van der Waals surface area contributed by atoms with Crippen LogP contribution in [0.1, 0.15) is 5.56 Å². The average molecular weight is 253 g/mol. The van der Waals surface area contributed by atoms with E-state index in [4.69, 9.17) is 4.55 Å². The van der Waals surface area contributed by atoms with Crippen molar-refractivity contribution in [2.45, 2.75) is 11.8 Å². The van der Waals surface area contributed by atoms with E-state index in [0.717, 1.165) is 0 Å². The van der Waals surface area contributed by atoms with E-state index in [9.17, 15) is 8.60 Å². The van der Waals surface area contributed by atoms with E-state index in [1.54, 1.807) is 6.92 Å². The van der Waals surface area contributed by atoms with Gasteiger partial charge in [-0.05, 0) is 40.5 Å². The molecule has 1 aromatic rings. The van der Waals surface area contributed by atoms with Crippen molar-refractivity contribution < 1.29 is 13.2 Å². The van der Waals surface area contributed by atoms with Gasteiger partial charge in [-0.3, -0.25) is 0 Å². The Morgan fingerprint density at radius 1 is 1.58 bits per heavy atom. The van der Waals surface area contributed by atoms with Crippen molar-refractivity contribution in [2.24, 2.45) is 0 Å². The fraction of sp³-hybridized carbons (Fsp3) is 0.143. The Balaban J connectivity index is 3.33. The summed E-state index contributed by atoms with van der Waals surface area (Å²) in [6, 6.07) is 2.52. The third kappa shape index (κ3) is 1.91. The Hall–Kier alpha value is -0.260. The first-order chi connectivity index (χ1) is 5.52. The second-order valence-electron chi connectivity index (χ2n) is 2.28. The van der Waals surface area contributed by atoms with Gasteiger partial charge in [0.15, 0.2) is 11.1 Å². The molecule has 0 fully saturated rings. The molecule has 0 aliphatic carbocycles. The molecule has 0 aliphatic rings. The van der Waals surface area contributed by atoms with E-state index in [-0.39, 0.29) is 9.37 Å². The minimum absolute atomic E-state index is 0.200. The highest BCUT2D eigenvalue weighted by atomic mass is 79.9. The van der Waals surface area contributed by atoms with Crippen molar-refractivity contribution in [3.8, 4) is 0 Å². The Bertz CT molecular complexity index is 340. The predicted molar refractivity (Wildman–Crippen MR) is 47.9 cm³/mol. The summed E-state index contributed by atoms with van der Waals surface area (Å²) in [5.41, 5.74) is 0.469. The quantitative estimate of drug-likeness (QED) is 0.780. The summed E-state index contributed by atoms with van der Waals surface area (Å²) in [6.07, 6.45) is 0. The number of hydrogen-bond acceptors (Lipinski definition) is 1. The fourth-order valence-corrected chi connectivity index (χ4v) is 1.86. The second-order valence-corrected chi connectivity index (χ2v) is 4.07. The van der Waals surface area contributed by atoms with Gasteiger partial charge in [-0.25, -0.2) is 8.60 Å². The van der Waals surface area contributed by atoms with E-state index >= 15 is 0 Å². The van der Waals surface area contributed by atoms with Crippen molar-refractivity contribution in [1.82, 2.24) is 0 Å². The van der Waals surface area contributed by atoms with Crippen molar-refractivity contribution >= 4 is 27.0 Å². The molecule has 1 N–H and O–H groups in total. The largest absolute Gasteiger partial charge is 0.302 e. The minimum Gasteiger partial charge on any atom is -0.302 e. The molecule has 0 bridgehead atoms. The Morgan fingerprint density at radius 3 is 2.67 bits per heavy atom. The van der Waals surface area contributed by atoms with Gasteiger partial charge in [0, 0.05) is 0 Å². The van der Waals surface area contributed by atoms with Gasteiger partial charge >= 0.3 is 0 Å². The molecule has 1 atom stereocenters. The zero-order valence-electron chi connectivity index (χ0n) is 6.17. The molecule has 1 aromatic carbocycles. The minimum atomic E-state index is -2.06. The standard InChI is InChI=1S/C7H6BrFO2S/c1-4-2-6(9)5(8)3-7(4)12(10)11/h2-3H,1H3,(H,10,11). The summed E-state index contributed by atoms with van der Waals surface area (Å²) < 4.78 is 32.4. The fourth-order valence-electron chi connectivity index (χ4n) is 0.816. The molecule has 1 unspecified atom stereocenters. The zero-order chi connectivity index (χ0) is 9.30. The highest BCUT2D eigenvalue weighted by molar-refractivity contribution is 9.10. The van der Waals surface area contributed by atoms with Crippen LogP contribution in [0.5, 0.6) is 0 Å². The topological polar surface area (TPSA) is 37.3 Å². The smallest absolute Gasteiger partial charge is 0.186 e. The molecule has 0 saturated carbocycles. The third-order valence-corrected chi connectivity index (χ3v) is 2.83. The SMILES string of the molecule is Cc1cc(F)c(Br)cc1S(=O)O. The van der Waals surface area contributed by atoms with Crippen molar-refractivity contribution in [3.05, 3.63) is 28.0 Å². The van der Waals surface area contributed by atoms with E-state index in [1.807, 2.05) is 0 Å². The van der Waals surface area contributed by atoms with Crippen LogP contribution in [0.4, 0.5) is 4.39 Å². The van der Waals surface area contributed by atoms with E-state index in [0.29, 0.717) is 5.56 Å². The number of rotatable bonds is 1. The van der Waals surface area contributed by atoms with Crippen LogP contribution in [0.2, 0.25) is 0 Å². The molecule has 5 heteroatoms. The molecule has 0 radical (unpaired) electrons. The number of halogens is 2. The molecular formula is C7H6BrFO2S. The van der Waals surface area contributed by atoms with Crippen LogP contribution in [-0.4, -0.2) is 8.76 Å². The summed E-state index contributed by atoms with van der Waals surface area (Å²) >= 11 is 0.872. The second kappa shape index (κ2) is 3.64. The van der Waals surface area contributed by atoms with Gasteiger partial charge in [-0.1, -0.05) is 0 Å². The summed E-state index contributed by atoms with van der Waals surface area (Å²) in [5.74, 6) is -0.429. The normalized spacial score (nSPS) is 13.0. The monoisotopic (exact) mass is 252 g/mol. The highest BCUT2D eigenvalue weighted by Crippen LogP contribution is 2.22. The third-order valence-electron chi connectivity index (χ3n) is 1.41. The van der Waals surface area contributed by atoms with E-state index < -0.39 is 16.9 Å². The molecular weight excluding hydrogens is 247 g/mol. The number of benzene rings is 1. The lowest BCUT2D eigenvalue weighted by molar-refractivity contribution is 0.562. The molecule has 0 spiro atoms. The average Bonchev–Trinajstić information content (AvgIpc) is 1.96. The lowest BCUT2D eigenvalue weighted by Gasteiger charge is -2.02. The maximum Gasteiger partial charge on any atom is 0.186 e. The van der Waals surface area contributed by atoms with Crippen LogP contribution < -0.4 is 0 Å². The number of hydrogen-bond donors (Lipinski definition) is 1. The first-order valence-electron chi connectivity index (χ1n) is 3.09. The molecule has 12 heavy (non-hydrogen) atoms. The zero-order valence-corrected chi connectivity index (χ0v) is 8.58. The van der Waals surface area contributed by atoms with Crippen LogP contribution >= 0.6 is 15.9 Å². The van der Waals surface area contributed by atoms with E-state index in [2.05, 4.69) is 15.9 Å². The predicted octanol–water partition coefficient (Wildman–Crippen LogP) is 2.48. The number of aryl methyl sites for hydroxylation is 1. The molecule has 1 rings (SSSR count). The highest BCUT2D eigenvalue weighted by Gasteiger charge is 2.08. The lowest BCUT2D eigenvalue weighted by atomic mass is 10.2. The van der Waals surface area contributed by atoms with Gasteiger partial charge in [0.1, 0.15) is 5.82 Å². The van der Waals surface area contributed by atoms with Gasteiger partial charge in [-0.15, -0.1) is 0 Å². The lowest BCUT2D eigenvalue weighted by Crippen LogP contribution is -1.94. The Kier molecular flexibility index (Phi) is 2.98. The Labute approximate surface area is 80.2 Å². The molecule has 0 saturated heterocycles. The molecule has 0 aromatic heterocycles. The van der Waals surface area contributed by atoms with Gasteiger partial charge in [0.05, 0.1) is 9.37 Å². The van der Waals surface area contributed by atoms with Gasteiger partial charge in [0.25, 0.3) is 0 Å². The van der Waals surface area contributed by atoms with Crippen molar-refractivity contribution in [3.63, 3.8) is 0 Å². The summed E-state index contributed by atoms with van der Waals surface area (Å²) in [4.78, 5) is 0.225. The molecule has 0 aliphatic heterocycles. The van der Waals surface area contributed by atoms with Crippen molar-refractivity contribution in [2.75, 3.05) is 0 Å². The van der Waals surface area contributed by atoms with Crippen LogP contribution in [0.3, 0.4) is 0 Å². The maximum absolute atomic E-state index is 12.8. The van der Waals surface area contributed by atoms with Gasteiger partial charge in [0.2, 0.25) is 0 Å². The Morgan fingerprint density at radius 2 is 2.17 bits per heavy atom. The van der Waals surface area contributed by atoms with Crippen LogP contribution in [0.25, 0.3) is 0 Å².